The maximum Gasteiger partial charge on any atom is 0.405 e. The standard InChI is InChI=1S/C12H14F3N3O.ClH/c13-12(14,15)8-17-11(19)7-18-6-5-16-9-3-1-2-4-10(9)18;/h1-4,16H,5-8H2,(H,17,19);1H. The molecule has 0 unspecified atom stereocenters. The first-order valence-electron chi connectivity index (χ1n) is 5.87. The van der Waals surface area contributed by atoms with E-state index in [1.807, 2.05) is 29.6 Å². The molecule has 1 heterocycles. The molecule has 8 heteroatoms. The Morgan fingerprint density at radius 3 is 2.75 bits per heavy atom. The normalized spacial score (nSPS) is 13.8. The first kappa shape index (κ1) is 16.4. The summed E-state index contributed by atoms with van der Waals surface area (Å²) in [5, 5.41) is 5.04. The van der Waals surface area contributed by atoms with Gasteiger partial charge in [0.05, 0.1) is 17.9 Å². The van der Waals surface area contributed by atoms with Gasteiger partial charge in [0.25, 0.3) is 0 Å². The zero-order valence-corrected chi connectivity index (χ0v) is 11.4. The van der Waals surface area contributed by atoms with Crippen LogP contribution in [0.5, 0.6) is 0 Å². The van der Waals surface area contributed by atoms with Gasteiger partial charge in [0.2, 0.25) is 5.91 Å². The number of carbonyl (C=O) groups is 1. The molecule has 2 rings (SSSR count). The first-order chi connectivity index (χ1) is 8.96. The number of nitrogens with one attached hydrogen (secondary N) is 2. The van der Waals surface area contributed by atoms with Gasteiger partial charge in [-0.3, -0.25) is 4.79 Å². The van der Waals surface area contributed by atoms with Gasteiger partial charge in [-0.05, 0) is 12.1 Å². The summed E-state index contributed by atoms with van der Waals surface area (Å²) >= 11 is 0. The van der Waals surface area contributed by atoms with Crippen molar-refractivity contribution in [2.45, 2.75) is 6.18 Å². The predicted octanol–water partition coefficient (Wildman–Crippen LogP) is 2.02. The monoisotopic (exact) mass is 309 g/mol. The van der Waals surface area contributed by atoms with E-state index in [1.165, 1.54) is 0 Å². The van der Waals surface area contributed by atoms with Crippen molar-refractivity contribution in [3.8, 4) is 0 Å². The fraction of sp³-hybridized carbons (Fsp3) is 0.417. The number of nitrogens with zero attached hydrogens (tertiary/aromatic N) is 1. The third-order valence-corrected chi connectivity index (χ3v) is 2.76. The maximum atomic E-state index is 12.0. The van der Waals surface area contributed by atoms with E-state index in [4.69, 9.17) is 0 Å². The van der Waals surface area contributed by atoms with Gasteiger partial charge in [-0.15, -0.1) is 12.4 Å². The molecule has 0 bridgehead atoms. The number of alkyl halides is 3. The quantitative estimate of drug-likeness (QED) is 0.898. The molecule has 0 saturated carbocycles. The number of rotatable bonds is 3. The summed E-state index contributed by atoms with van der Waals surface area (Å²) in [6.07, 6.45) is -4.38. The zero-order valence-electron chi connectivity index (χ0n) is 10.5. The molecule has 1 amide bonds. The van der Waals surface area contributed by atoms with Crippen LogP contribution in [0.1, 0.15) is 0 Å². The van der Waals surface area contributed by atoms with Crippen LogP contribution in [0, 0.1) is 0 Å². The van der Waals surface area contributed by atoms with Crippen molar-refractivity contribution in [1.29, 1.82) is 0 Å². The number of halogens is 4. The molecule has 0 atom stereocenters. The van der Waals surface area contributed by atoms with E-state index < -0.39 is 18.6 Å². The second-order valence-electron chi connectivity index (χ2n) is 4.26. The van der Waals surface area contributed by atoms with Crippen LogP contribution in [0.25, 0.3) is 0 Å². The van der Waals surface area contributed by atoms with Crippen molar-refractivity contribution in [3.63, 3.8) is 0 Å². The number of amides is 1. The highest BCUT2D eigenvalue weighted by Crippen LogP contribution is 2.27. The molecule has 0 saturated heterocycles. The van der Waals surface area contributed by atoms with Crippen LogP contribution in [-0.2, 0) is 4.79 Å². The van der Waals surface area contributed by atoms with Crippen LogP contribution >= 0.6 is 12.4 Å². The predicted molar refractivity (Wildman–Crippen MR) is 73.5 cm³/mol. The Bertz CT molecular complexity index is 468. The second-order valence-corrected chi connectivity index (χ2v) is 4.26. The third kappa shape index (κ3) is 4.48. The summed E-state index contributed by atoms with van der Waals surface area (Å²) in [4.78, 5) is 13.3. The van der Waals surface area contributed by atoms with E-state index >= 15 is 0 Å². The lowest BCUT2D eigenvalue weighted by atomic mass is 10.2. The van der Waals surface area contributed by atoms with E-state index in [1.54, 1.807) is 4.90 Å². The van der Waals surface area contributed by atoms with Crippen LogP contribution in [0.15, 0.2) is 24.3 Å². The summed E-state index contributed by atoms with van der Waals surface area (Å²) in [7, 11) is 0. The average molecular weight is 310 g/mol. The first-order valence-corrected chi connectivity index (χ1v) is 5.87. The van der Waals surface area contributed by atoms with Gasteiger partial charge < -0.3 is 15.5 Å². The molecule has 0 spiro atoms. The van der Waals surface area contributed by atoms with Gasteiger partial charge in [-0.2, -0.15) is 13.2 Å². The Morgan fingerprint density at radius 2 is 2.05 bits per heavy atom. The fourth-order valence-corrected chi connectivity index (χ4v) is 1.94. The van der Waals surface area contributed by atoms with Crippen LogP contribution in [0.4, 0.5) is 24.5 Å². The molecule has 0 fully saturated rings. The van der Waals surface area contributed by atoms with Crippen LogP contribution in [0.2, 0.25) is 0 Å². The molecule has 2 N–H and O–H groups in total. The lowest BCUT2D eigenvalue weighted by molar-refractivity contribution is -0.137. The Morgan fingerprint density at radius 1 is 1.35 bits per heavy atom. The highest BCUT2D eigenvalue weighted by Gasteiger charge is 2.28. The Balaban J connectivity index is 0.00000200. The van der Waals surface area contributed by atoms with Crippen molar-refractivity contribution in [1.82, 2.24) is 5.32 Å². The number of hydrogen-bond acceptors (Lipinski definition) is 3. The van der Waals surface area contributed by atoms with Gasteiger partial charge in [-0.25, -0.2) is 0 Å². The van der Waals surface area contributed by atoms with Crippen molar-refractivity contribution in [2.24, 2.45) is 0 Å². The molecule has 0 aliphatic carbocycles. The molecule has 1 aliphatic heterocycles. The molecular formula is C12H15ClF3N3O. The maximum absolute atomic E-state index is 12.0. The number of para-hydroxylation sites is 2. The van der Waals surface area contributed by atoms with Crippen molar-refractivity contribution >= 4 is 29.7 Å². The SMILES string of the molecule is Cl.O=C(CN1CCNc2ccccc21)NCC(F)(F)F. The highest BCUT2D eigenvalue weighted by atomic mass is 35.5. The van der Waals surface area contributed by atoms with Crippen LogP contribution in [0.3, 0.4) is 0 Å². The molecule has 0 aromatic heterocycles. The molecule has 0 radical (unpaired) electrons. The van der Waals surface area contributed by atoms with Crippen molar-refractivity contribution in [2.75, 3.05) is 36.4 Å². The third-order valence-electron chi connectivity index (χ3n) is 2.76. The molecule has 20 heavy (non-hydrogen) atoms. The van der Waals surface area contributed by atoms with E-state index in [0.717, 1.165) is 11.4 Å². The zero-order chi connectivity index (χ0) is 13.9. The average Bonchev–Trinajstić information content (AvgIpc) is 2.36. The smallest absolute Gasteiger partial charge is 0.382 e. The van der Waals surface area contributed by atoms with Crippen molar-refractivity contribution in [3.05, 3.63) is 24.3 Å². The molecule has 1 aliphatic rings. The summed E-state index contributed by atoms with van der Waals surface area (Å²) < 4.78 is 36.0. The van der Waals surface area contributed by atoms with Crippen LogP contribution in [-0.4, -0.2) is 38.3 Å². The minimum Gasteiger partial charge on any atom is -0.382 e. The molecule has 1 aromatic carbocycles. The summed E-state index contributed by atoms with van der Waals surface area (Å²) in [6, 6.07) is 7.39. The Hall–Kier alpha value is -1.63. The number of fused-ring (bicyclic) bond motifs is 1. The largest absolute Gasteiger partial charge is 0.405 e. The van der Waals surface area contributed by atoms with Gasteiger partial charge in [0, 0.05) is 13.1 Å². The Labute approximate surface area is 120 Å². The lowest BCUT2D eigenvalue weighted by Gasteiger charge is -2.31. The van der Waals surface area contributed by atoms with E-state index in [-0.39, 0.29) is 19.0 Å². The highest BCUT2D eigenvalue weighted by molar-refractivity contribution is 5.85. The molecule has 112 valence electrons. The van der Waals surface area contributed by atoms with Gasteiger partial charge in [0.1, 0.15) is 6.54 Å². The summed E-state index contributed by atoms with van der Waals surface area (Å²) in [6.45, 7) is -0.131. The Kier molecular flexibility index (Phi) is 5.50. The number of carbonyl (C=O) groups excluding carboxylic acids is 1. The topological polar surface area (TPSA) is 44.4 Å². The number of hydrogen-bond donors (Lipinski definition) is 2. The molecular weight excluding hydrogens is 295 g/mol. The number of benzene rings is 1. The second kappa shape index (κ2) is 6.69. The summed E-state index contributed by atoms with van der Waals surface area (Å²) in [5.41, 5.74) is 1.72. The van der Waals surface area contributed by atoms with Crippen LogP contribution < -0.4 is 15.5 Å². The minimum absolute atomic E-state index is 0. The van der Waals surface area contributed by atoms with E-state index in [0.29, 0.717) is 13.1 Å². The minimum atomic E-state index is -4.38. The van der Waals surface area contributed by atoms with E-state index in [2.05, 4.69) is 5.32 Å². The van der Waals surface area contributed by atoms with Crippen molar-refractivity contribution < 1.29 is 18.0 Å². The fourth-order valence-electron chi connectivity index (χ4n) is 1.94. The van der Waals surface area contributed by atoms with Gasteiger partial charge in [0.15, 0.2) is 0 Å². The molecule has 1 aromatic rings. The summed E-state index contributed by atoms with van der Waals surface area (Å²) in [5.74, 6) is -0.631. The van der Waals surface area contributed by atoms with Gasteiger partial charge in [-0.1, -0.05) is 12.1 Å². The van der Waals surface area contributed by atoms with E-state index in [9.17, 15) is 18.0 Å². The molecule has 4 nitrogen and oxygen atoms in total. The lowest BCUT2D eigenvalue weighted by Crippen LogP contribution is -2.44. The van der Waals surface area contributed by atoms with Gasteiger partial charge >= 0.3 is 6.18 Å². The number of anilines is 2.